The van der Waals surface area contributed by atoms with E-state index in [1.165, 1.54) is 0 Å². The second-order valence-corrected chi connectivity index (χ2v) is 2.61. The molecule has 0 bridgehead atoms. The van der Waals surface area contributed by atoms with E-state index in [0.717, 1.165) is 19.3 Å². The van der Waals surface area contributed by atoms with Crippen molar-refractivity contribution in [2.24, 2.45) is 5.73 Å². The molecule has 3 N–H and O–H groups in total. The van der Waals surface area contributed by atoms with Crippen LogP contribution in [-0.2, 0) is 23.4 Å². The third-order valence-electron chi connectivity index (χ3n) is 1.43. The summed E-state index contributed by atoms with van der Waals surface area (Å²) in [5.74, 6) is -0.0815. The van der Waals surface area contributed by atoms with Crippen LogP contribution in [0.3, 0.4) is 0 Å². The van der Waals surface area contributed by atoms with Crippen LogP contribution in [0.1, 0.15) is 26.2 Å². The van der Waals surface area contributed by atoms with Gasteiger partial charge in [0, 0.05) is 0 Å². The van der Waals surface area contributed by atoms with Crippen molar-refractivity contribution in [2.75, 3.05) is 6.54 Å². The number of rotatable bonds is 6. The normalized spacial score (nSPS) is 11.6. The molecule has 0 fully saturated rings. The predicted molar refractivity (Wildman–Crippen MR) is 46.0 cm³/mol. The van der Waals surface area contributed by atoms with Crippen molar-refractivity contribution >= 4 is 5.78 Å². The first-order valence-corrected chi connectivity index (χ1v) is 3.96. The molecule has 4 heteroatoms. The molecule has 12 heavy (non-hydrogen) atoms. The zero-order chi connectivity index (χ0) is 8.69. The van der Waals surface area contributed by atoms with Crippen LogP contribution in [0.15, 0.2) is 0 Å². The number of nitrogens with one attached hydrogen (secondary N) is 1. The summed E-state index contributed by atoms with van der Waals surface area (Å²) >= 11 is 0. The van der Waals surface area contributed by atoms with Crippen LogP contribution in [0.2, 0.25) is 0 Å². The zero-order valence-electron chi connectivity index (χ0n) is 7.42. The van der Waals surface area contributed by atoms with Gasteiger partial charge in [-0.05, 0) is 18.7 Å². The van der Waals surface area contributed by atoms with E-state index >= 15 is 0 Å². The number of ketones is 1. The number of hydrogen-bond acceptors (Lipinski definition) is 2. The number of Topliss-reactive ketones (excluding diaryl/α,β-unsaturated/α-hetero) is 1. The minimum Gasteiger partial charge on any atom is -0.671 e. The summed E-state index contributed by atoms with van der Waals surface area (Å²) in [6, 6.07) is -0.604. The minimum absolute atomic E-state index is 0. The largest absolute Gasteiger partial charge is 2.00 e. The molecule has 0 aromatic carbocycles. The molecule has 0 aliphatic rings. The van der Waals surface area contributed by atoms with Gasteiger partial charge in [-0.3, -0.25) is 0 Å². The molecule has 1 atom stereocenters. The summed E-state index contributed by atoms with van der Waals surface area (Å²) in [7, 11) is 0. The monoisotopic (exact) mass is 207 g/mol. The van der Waals surface area contributed by atoms with Crippen LogP contribution in [0.5, 0.6) is 0 Å². The summed E-state index contributed by atoms with van der Waals surface area (Å²) < 4.78 is 0. The number of hydrogen-bond donors (Lipinski definition) is 1. The van der Waals surface area contributed by atoms with Crippen molar-refractivity contribution in [3.05, 3.63) is 12.2 Å². The molecule has 69 valence electrons. The Labute approximate surface area is 86.1 Å². The Morgan fingerprint density at radius 2 is 2.17 bits per heavy atom. The maximum atomic E-state index is 10.8. The van der Waals surface area contributed by atoms with Gasteiger partial charge in [0.15, 0.2) is 0 Å². The second-order valence-electron chi connectivity index (χ2n) is 2.61. The van der Waals surface area contributed by atoms with Crippen molar-refractivity contribution < 1.29 is 23.4 Å². The Bertz CT molecular complexity index is 118. The Morgan fingerprint density at radius 1 is 1.58 bits per heavy atom. The quantitative estimate of drug-likeness (QED) is 0.527. The van der Waals surface area contributed by atoms with Gasteiger partial charge in [0.1, 0.15) is 0 Å². The van der Waals surface area contributed by atoms with Crippen LogP contribution in [-0.4, -0.2) is 18.4 Å². The van der Waals surface area contributed by atoms with Crippen LogP contribution in [0.4, 0.5) is 0 Å². The van der Waals surface area contributed by atoms with Crippen molar-refractivity contribution in [1.82, 2.24) is 0 Å². The number of carbonyl (C=O) groups excluding carboxylic acids is 1. The molecule has 0 saturated heterocycles. The predicted octanol–water partition coefficient (Wildman–Crippen LogP) is 1.33. The Balaban J connectivity index is 0. The molecular weight excluding hydrogens is 191 g/mol. The van der Waals surface area contributed by atoms with Crippen LogP contribution < -0.4 is 5.73 Å². The first-order chi connectivity index (χ1) is 5.18. The van der Waals surface area contributed by atoms with Gasteiger partial charge in [-0.1, -0.05) is 13.3 Å². The van der Waals surface area contributed by atoms with Crippen molar-refractivity contribution in [3.63, 3.8) is 0 Å². The molecule has 1 radical (unpaired) electrons. The average Bonchev–Trinajstić information content (AvgIpc) is 1.97. The van der Waals surface area contributed by atoms with Gasteiger partial charge in [0.2, 0.25) is 0 Å². The summed E-state index contributed by atoms with van der Waals surface area (Å²) in [6.45, 7) is 2.26. The van der Waals surface area contributed by atoms with Crippen LogP contribution in [0, 0.1) is 6.42 Å². The molecule has 0 spiro atoms. The van der Waals surface area contributed by atoms with Crippen molar-refractivity contribution in [2.45, 2.75) is 32.2 Å². The van der Waals surface area contributed by atoms with Gasteiger partial charge in [-0.2, -0.15) is 6.42 Å². The van der Waals surface area contributed by atoms with E-state index in [1.807, 2.05) is 0 Å². The molecule has 0 aromatic rings. The summed E-state index contributed by atoms with van der Waals surface area (Å²) in [4.78, 5) is 10.8. The fourth-order valence-electron chi connectivity index (χ4n) is 0.710. The molecule has 0 amide bonds. The molecular formula is C8H16N2OV. The maximum absolute atomic E-state index is 10.8. The molecule has 0 rings (SSSR count). The van der Waals surface area contributed by atoms with Crippen LogP contribution >= 0.6 is 0 Å². The van der Waals surface area contributed by atoms with E-state index in [1.54, 1.807) is 13.3 Å². The van der Waals surface area contributed by atoms with Crippen molar-refractivity contribution in [3.8, 4) is 0 Å². The van der Waals surface area contributed by atoms with E-state index in [4.69, 9.17) is 11.5 Å². The number of nitrogens with two attached hydrogens (primary N) is 1. The summed E-state index contributed by atoms with van der Waals surface area (Å²) in [6.07, 6.45) is 4.26. The van der Waals surface area contributed by atoms with E-state index in [-0.39, 0.29) is 24.3 Å². The topological polar surface area (TPSA) is 66.9 Å². The molecule has 0 saturated carbocycles. The van der Waals surface area contributed by atoms with Gasteiger partial charge in [-0.15, -0.1) is 6.04 Å². The second kappa shape index (κ2) is 9.13. The number of unbranched alkanes of at least 4 members (excludes halogenated alkanes) is 2. The third-order valence-corrected chi connectivity index (χ3v) is 1.43. The molecule has 0 aromatic heterocycles. The first kappa shape index (κ1) is 14.6. The minimum atomic E-state index is -0.604. The Morgan fingerprint density at radius 3 is 2.58 bits per heavy atom. The molecule has 1 unspecified atom stereocenters. The first-order valence-electron chi connectivity index (χ1n) is 3.96. The van der Waals surface area contributed by atoms with E-state index < -0.39 is 6.04 Å². The van der Waals surface area contributed by atoms with E-state index in [2.05, 4.69) is 0 Å². The average molecular weight is 207 g/mol. The summed E-state index contributed by atoms with van der Waals surface area (Å²) in [5.41, 5.74) is 12.3. The Hall–Kier alpha value is 0.0444. The van der Waals surface area contributed by atoms with E-state index in [9.17, 15) is 4.79 Å². The fourth-order valence-corrected chi connectivity index (χ4v) is 0.710. The number of carbonyl (C=O) groups is 1. The van der Waals surface area contributed by atoms with Crippen molar-refractivity contribution in [1.29, 1.82) is 0 Å². The summed E-state index contributed by atoms with van der Waals surface area (Å²) in [5, 5.41) is 0. The van der Waals surface area contributed by atoms with E-state index in [0.29, 0.717) is 6.54 Å². The SMILES string of the molecule is CC([NH-])C(=O)[CH-]CCCCN.[V+2]. The maximum Gasteiger partial charge on any atom is 2.00 e. The molecule has 0 heterocycles. The van der Waals surface area contributed by atoms with Gasteiger partial charge in [0.25, 0.3) is 0 Å². The standard InChI is InChI=1S/C8H16N2O.V/c1-7(10)8(11)5-3-2-4-6-9;/h5,7,10H,2-4,6,9H2,1H3;/q-2;+2. The Kier molecular flexibility index (Phi) is 11.1. The van der Waals surface area contributed by atoms with Gasteiger partial charge in [0.05, 0.1) is 0 Å². The van der Waals surface area contributed by atoms with Crippen LogP contribution in [0.25, 0.3) is 5.73 Å². The zero-order valence-corrected chi connectivity index (χ0v) is 8.81. The smallest absolute Gasteiger partial charge is 0.671 e. The third kappa shape index (κ3) is 8.14. The fraction of sp³-hybridized carbons (Fsp3) is 0.750. The van der Waals surface area contributed by atoms with Gasteiger partial charge < -0.3 is 22.7 Å². The van der Waals surface area contributed by atoms with Gasteiger partial charge in [-0.25, -0.2) is 0 Å². The van der Waals surface area contributed by atoms with Gasteiger partial charge >= 0.3 is 18.6 Å². The molecule has 0 aliphatic carbocycles. The molecule has 0 aliphatic heterocycles. The molecule has 3 nitrogen and oxygen atoms in total.